The molecule has 8 nitrogen and oxygen atoms in total. The van der Waals surface area contributed by atoms with E-state index in [4.69, 9.17) is 9.47 Å². The summed E-state index contributed by atoms with van der Waals surface area (Å²) in [5.74, 6) is 0.662. The predicted molar refractivity (Wildman–Crippen MR) is 79.5 cm³/mol. The molecule has 8 heteroatoms. The molecule has 1 amide bonds. The van der Waals surface area contributed by atoms with E-state index in [1.165, 1.54) is 25.5 Å². The van der Waals surface area contributed by atoms with E-state index in [1.807, 2.05) is 0 Å². The number of carbonyl (C=O) groups is 1. The van der Waals surface area contributed by atoms with Crippen LogP contribution >= 0.6 is 0 Å². The Labute approximate surface area is 125 Å². The van der Waals surface area contributed by atoms with Crippen LogP contribution in [0.2, 0.25) is 0 Å². The van der Waals surface area contributed by atoms with Gasteiger partial charge in [0.25, 0.3) is 11.5 Å². The molecule has 2 rings (SSSR count). The van der Waals surface area contributed by atoms with Crippen LogP contribution < -0.4 is 20.5 Å². The number of hydrazone groups is 1. The van der Waals surface area contributed by atoms with Crippen molar-refractivity contribution in [3.05, 3.63) is 51.9 Å². The monoisotopic (exact) mass is 302 g/mol. The molecule has 2 N–H and O–H groups in total. The highest BCUT2D eigenvalue weighted by Gasteiger charge is 2.06. The van der Waals surface area contributed by atoms with Crippen LogP contribution in [0.3, 0.4) is 0 Å². The quantitative estimate of drug-likeness (QED) is 0.620. The van der Waals surface area contributed by atoms with Gasteiger partial charge in [-0.1, -0.05) is 0 Å². The predicted octanol–water partition coefficient (Wildman–Crippen LogP) is 0.551. The number of methoxy groups -OCH3 is 2. The van der Waals surface area contributed by atoms with Gasteiger partial charge in [-0.05, 0) is 18.2 Å². The molecule has 1 aromatic heterocycles. The number of amides is 1. The maximum Gasteiger partial charge on any atom is 0.291 e. The third-order valence-corrected chi connectivity index (χ3v) is 2.72. The Bertz CT molecular complexity index is 734. The van der Waals surface area contributed by atoms with Crippen molar-refractivity contribution in [2.24, 2.45) is 5.10 Å². The fourth-order valence-electron chi connectivity index (χ4n) is 1.61. The minimum absolute atomic E-state index is 0.0541. The Morgan fingerprint density at radius 2 is 2.09 bits per heavy atom. The molecule has 0 fully saturated rings. The van der Waals surface area contributed by atoms with Crippen LogP contribution in [-0.4, -0.2) is 36.5 Å². The molecule has 1 aromatic carbocycles. The van der Waals surface area contributed by atoms with Crippen molar-refractivity contribution in [1.82, 2.24) is 15.6 Å². The lowest BCUT2D eigenvalue weighted by Crippen LogP contribution is -2.21. The zero-order valence-electron chi connectivity index (χ0n) is 12.0. The first-order chi connectivity index (χ1) is 10.6. The average Bonchev–Trinajstić information content (AvgIpc) is 2.55. The molecule has 0 aliphatic rings. The average molecular weight is 302 g/mol. The van der Waals surface area contributed by atoms with Crippen molar-refractivity contribution in [1.29, 1.82) is 0 Å². The largest absolute Gasteiger partial charge is 0.497 e. The smallest absolute Gasteiger partial charge is 0.291 e. The topological polar surface area (TPSA) is 106 Å². The van der Waals surface area contributed by atoms with E-state index in [-0.39, 0.29) is 11.3 Å². The molecule has 0 unspecified atom stereocenters. The lowest BCUT2D eigenvalue weighted by atomic mass is 10.2. The summed E-state index contributed by atoms with van der Waals surface area (Å²) in [6, 6.07) is 7.70. The van der Waals surface area contributed by atoms with Gasteiger partial charge in [0.2, 0.25) is 0 Å². The van der Waals surface area contributed by atoms with Gasteiger partial charge in [-0.15, -0.1) is 0 Å². The number of nitrogens with one attached hydrogen (secondary N) is 2. The van der Waals surface area contributed by atoms with Crippen LogP contribution in [0, 0.1) is 0 Å². The molecular weight excluding hydrogens is 288 g/mol. The molecule has 0 saturated carbocycles. The van der Waals surface area contributed by atoms with Crippen LogP contribution in [0.25, 0.3) is 0 Å². The van der Waals surface area contributed by atoms with Gasteiger partial charge >= 0.3 is 0 Å². The molecule has 0 aliphatic carbocycles. The van der Waals surface area contributed by atoms with Crippen LogP contribution in [0.5, 0.6) is 11.5 Å². The Kier molecular flexibility index (Phi) is 4.86. The number of ether oxygens (including phenoxy) is 2. The molecule has 2 aromatic rings. The lowest BCUT2D eigenvalue weighted by Gasteiger charge is -2.06. The SMILES string of the molecule is COc1ccc(C=NNC(=O)c2ccc(=O)[nH]n2)c(OC)c1. The first-order valence-electron chi connectivity index (χ1n) is 6.25. The zero-order chi connectivity index (χ0) is 15.9. The minimum Gasteiger partial charge on any atom is -0.497 e. The van der Waals surface area contributed by atoms with Crippen molar-refractivity contribution in [3.63, 3.8) is 0 Å². The summed E-state index contributed by atoms with van der Waals surface area (Å²) >= 11 is 0. The molecule has 0 atom stereocenters. The second-order valence-corrected chi connectivity index (χ2v) is 4.11. The highest BCUT2D eigenvalue weighted by atomic mass is 16.5. The first-order valence-corrected chi connectivity index (χ1v) is 6.25. The van der Waals surface area contributed by atoms with Crippen molar-refractivity contribution < 1.29 is 14.3 Å². The standard InChI is InChI=1S/C14H14N4O4/c1-21-10-4-3-9(12(7-10)22-2)8-15-18-14(20)11-5-6-13(19)17-16-11/h3-8H,1-2H3,(H,17,19)(H,18,20). The Morgan fingerprint density at radius 1 is 1.27 bits per heavy atom. The highest BCUT2D eigenvalue weighted by Crippen LogP contribution is 2.22. The van der Waals surface area contributed by atoms with Crippen LogP contribution in [0.1, 0.15) is 16.1 Å². The van der Waals surface area contributed by atoms with Crippen LogP contribution in [-0.2, 0) is 0 Å². The fourth-order valence-corrected chi connectivity index (χ4v) is 1.61. The number of aromatic nitrogens is 2. The molecular formula is C14H14N4O4. The molecule has 0 saturated heterocycles. The van der Waals surface area contributed by atoms with E-state index in [2.05, 4.69) is 20.7 Å². The second-order valence-electron chi connectivity index (χ2n) is 4.11. The zero-order valence-corrected chi connectivity index (χ0v) is 12.0. The van der Waals surface area contributed by atoms with Crippen molar-refractivity contribution in [2.75, 3.05) is 14.2 Å². The van der Waals surface area contributed by atoms with Crippen molar-refractivity contribution >= 4 is 12.1 Å². The normalized spacial score (nSPS) is 10.5. The number of H-pyrrole nitrogens is 1. The van der Waals surface area contributed by atoms with E-state index in [0.717, 1.165) is 0 Å². The number of rotatable bonds is 5. The molecule has 114 valence electrons. The Morgan fingerprint density at radius 3 is 2.73 bits per heavy atom. The maximum atomic E-state index is 11.7. The second kappa shape index (κ2) is 7.02. The summed E-state index contributed by atoms with van der Waals surface area (Å²) < 4.78 is 10.3. The molecule has 0 bridgehead atoms. The lowest BCUT2D eigenvalue weighted by molar-refractivity contribution is 0.0949. The summed E-state index contributed by atoms with van der Waals surface area (Å²) in [4.78, 5) is 22.6. The van der Waals surface area contributed by atoms with E-state index in [9.17, 15) is 9.59 Å². The number of aromatic amines is 1. The summed E-state index contributed by atoms with van der Waals surface area (Å²) in [5, 5.41) is 9.59. The van der Waals surface area contributed by atoms with Gasteiger partial charge in [-0.3, -0.25) is 9.59 Å². The van der Waals surface area contributed by atoms with Crippen LogP contribution in [0.4, 0.5) is 0 Å². The van der Waals surface area contributed by atoms with Gasteiger partial charge in [-0.2, -0.15) is 10.2 Å². The van der Waals surface area contributed by atoms with E-state index < -0.39 is 5.91 Å². The van der Waals surface area contributed by atoms with E-state index >= 15 is 0 Å². The Balaban J connectivity index is 2.07. The van der Waals surface area contributed by atoms with E-state index in [0.29, 0.717) is 17.1 Å². The molecule has 1 heterocycles. The summed E-state index contributed by atoms with van der Waals surface area (Å²) in [7, 11) is 3.08. The van der Waals surface area contributed by atoms with Gasteiger partial charge < -0.3 is 9.47 Å². The van der Waals surface area contributed by atoms with Crippen molar-refractivity contribution in [2.45, 2.75) is 0 Å². The van der Waals surface area contributed by atoms with Gasteiger partial charge in [0.1, 0.15) is 11.5 Å². The summed E-state index contributed by atoms with van der Waals surface area (Å²) in [5.41, 5.74) is 2.64. The van der Waals surface area contributed by atoms with Gasteiger partial charge in [0, 0.05) is 17.7 Å². The third kappa shape index (κ3) is 3.69. The summed E-state index contributed by atoms with van der Waals surface area (Å²) in [6.07, 6.45) is 1.43. The first kappa shape index (κ1) is 15.2. The van der Waals surface area contributed by atoms with Gasteiger partial charge in [0.05, 0.1) is 20.4 Å². The minimum atomic E-state index is -0.542. The maximum absolute atomic E-state index is 11.7. The molecule has 0 spiro atoms. The molecule has 22 heavy (non-hydrogen) atoms. The number of nitrogens with zero attached hydrogens (tertiary/aromatic N) is 2. The van der Waals surface area contributed by atoms with Crippen LogP contribution in [0.15, 0.2) is 40.2 Å². The summed E-state index contributed by atoms with van der Waals surface area (Å²) in [6.45, 7) is 0. The number of hydrogen-bond acceptors (Lipinski definition) is 6. The highest BCUT2D eigenvalue weighted by molar-refractivity contribution is 5.93. The number of hydrogen-bond donors (Lipinski definition) is 2. The third-order valence-electron chi connectivity index (χ3n) is 2.72. The number of carbonyl (C=O) groups excluding carboxylic acids is 1. The molecule has 0 aliphatic heterocycles. The number of benzene rings is 1. The van der Waals surface area contributed by atoms with Crippen molar-refractivity contribution in [3.8, 4) is 11.5 Å². The van der Waals surface area contributed by atoms with Gasteiger partial charge in [0.15, 0.2) is 5.69 Å². The molecule has 0 radical (unpaired) electrons. The Hall–Kier alpha value is -3.16. The van der Waals surface area contributed by atoms with E-state index in [1.54, 1.807) is 25.3 Å². The van der Waals surface area contributed by atoms with Gasteiger partial charge in [-0.25, -0.2) is 10.5 Å². The fraction of sp³-hybridized carbons (Fsp3) is 0.143.